The fourth-order valence-electron chi connectivity index (χ4n) is 3.33. The standard InChI is InChI=1S/C22H25N7O4S2/c1-12-14(17(30)25-18(31)23-12)11-34-21-28-29-16(26-27-19(29)35-21)15(10-13-8-6-5-7-9-13)24-20(32)33-22(2,3)4/h5-9,15H,10-11H2,1-4H3,(H,24,32)(H2,23,25,30,31). The van der Waals surface area contributed by atoms with Crippen molar-refractivity contribution in [3.05, 3.63) is 73.8 Å². The van der Waals surface area contributed by atoms with Gasteiger partial charge in [-0.25, -0.2) is 9.59 Å². The number of aromatic nitrogens is 6. The molecule has 0 saturated carbocycles. The van der Waals surface area contributed by atoms with Crippen LogP contribution in [0.25, 0.3) is 4.96 Å². The number of nitrogens with one attached hydrogen (secondary N) is 3. The van der Waals surface area contributed by atoms with Crippen molar-refractivity contribution < 1.29 is 9.53 Å². The molecule has 1 atom stereocenters. The predicted molar refractivity (Wildman–Crippen MR) is 133 cm³/mol. The number of hydrogen-bond donors (Lipinski definition) is 3. The van der Waals surface area contributed by atoms with E-state index in [-0.39, 0.29) is 0 Å². The van der Waals surface area contributed by atoms with Crippen molar-refractivity contribution >= 4 is 34.2 Å². The SMILES string of the molecule is Cc1[nH]c(=O)[nH]c(=O)c1CSc1nn2c(C(Cc3ccccc3)NC(=O)OC(C)(C)C)nnc2s1. The number of alkyl carbamates (subject to hydrolysis) is 1. The van der Waals surface area contributed by atoms with E-state index >= 15 is 0 Å². The molecule has 1 unspecified atom stereocenters. The molecule has 0 aliphatic rings. The van der Waals surface area contributed by atoms with Gasteiger partial charge in [-0.2, -0.15) is 4.52 Å². The average molecular weight is 516 g/mol. The van der Waals surface area contributed by atoms with Gasteiger partial charge in [0.25, 0.3) is 5.56 Å². The van der Waals surface area contributed by atoms with E-state index in [2.05, 4.69) is 30.6 Å². The van der Waals surface area contributed by atoms with E-state index in [1.165, 1.54) is 23.1 Å². The Hall–Kier alpha value is -3.45. The van der Waals surface area contributed by atoms with Crippen molar-refractivity contribution in [2.75, 3.05) is 0 Å². The highest BCUT2D eigenvalue weighted by atomic mass is 32.2. The summed E-state index contributed by atoms with van der Waals surface area (Å²) in [6.45, 7) is 7.08. The van der Waals surface area contributed by atoms with Crippen LogP contribution in [-0.2, 0) is 16.9 Å². The van der Waals surface area contributed by atoms with Crippen LogP contribution in [0.3, 0.4) is 0 Å². The highest BCUT2D eigenvalue weighted by molar-refractivity contribution is 8.00. The molecular formula is C22H25N7O4S2. The second kappa shape index (κ2) is 10.0. The summed E-state index contributed by atoms with van der Waals surface area (Å²) in [7, 11) is 0. The highest BCUT2D eigenvalue weighted by Crippen LogP contribution is 2.29. The molecule has 184 valence electrons. The number of rotatable bonds is 7. The van der Waals surface area contributed by atoms with E-state index in [0.29, 0.717) is 38.6 Å². The van der Waals surface area contributed by atoms with Crippen molar-refractivity contribution in [1.29, 1.82) is 0 Å². The molecule has 3 heterocycles. The molecule has 0 radical (unpaired) electrons. The lowest BCUT2D eigenvalue weighted by molar-refractivity contribution is 0.0500. The zero-order chi connectivity index (χ0) is 25.2. The molecule has 0 spiro atoms. The first kappa shape index (κ1) is 24.7. The molecule has 0 fully saturated rings. The van der Waals surface area contributed by atoms with Gasteiger partial charge in [-0.3, -0.25) is 9.78 Å². The van der Waals surface area contributed by atoms with Crippen LogP contribution in [0.5, 0.6) is 0 Å². The third-order valence-corrected chi connectivity index (χ3v) is 6.94. The van der Waals surface area contributed by atoms with Gasteiger partial charge >= 0.3 is 11.8 Å². The lowest BCUT2D eigenvalue weighted by Crippen LogP contribution is -2.36. The van der Waals surface area contributed by atoms with Crippen molar-refractivity contribution in [3.8, 4) is 0 Å². The smallest absolute Gasteiger partial charge is 0.408 e. The lowest BCUT2D eigenvalue weighted by atomic mass is 10.1. The van der Waals surface area contributed by atoms with E-state index in [0.717, 1.165) is 5.56 Å². The summed E-state index contributed by atoms with van der Waals surface area (Å²) >= 11 is 2.67. The Kier molecular flexibility index (Phi) is 7.08. The van der Waals surface area contributed by atoms with Crippen molar-refractivity contribution in [2.24, 2.45) is 0 Å². The van der Waals surface area contributed by atoms with Crippen LogP contribution < -0.4 is 16.6 Å². The Labute approximate surface area is 208 Å². The maximum atomic E-state index is 12.6. The van der Waals surface area contributed by atoms with E-state index < -0.39 is 29.0 Å². The Morgan fingerprint density at radius 3 is 2.63 bits per heavy atom. The topological polar surface area (TPSA) is 147 Å². The molecule has 0 aliphatic carbocycles. The maximum Gasteiger partial charge on any atom is 0.408 e. The van der Waals surface area contributed by atoms with Crippen LogP contribution in [-0.4, -0.2) is 41.5 Å². The van der Waals surface area contributed by atoms with Gasteiger partial charge in [0.2, 0.25) is 4.96 Å². The Morgan fingerprint density at radius 1 is 1.20 bits per heavy atom. The van der Waals surface area contributed by atoms with Crippen molar-refractivity contribution in [1.82, 2.24) is 35.1 Å². The number of nitrogens with zero attached hydrogens (tertiary/aromatic N) is 4. The van der Waals surface area contributed by atoms with Gasteiger partial charge in [0.15, 0.2) is 10.2 Å². The van der Waals surface area contributed by atoms with Crippen molar-refractivity contribution in [2.45, 2.75) is 55.9 Å². The van der Waals surface area contributed by atoms with Gasteiger partial charge < -0.3 is 15.0 Å². The first-order valence-electron chi connectivity index (χ1n) is 10.8. The molecule has 4 aromatic rings. The highest BCUT2D eigenvalue weighted by Gasteiger charge is 2.26. The fraction of sp³-hybridized carbons (Fsp3) is 0.364. The van der Waals surface area contributed by atoms with Gasteiger partial charge in [0, 0.05) is 23.4 Å². The van der Waals surface area contributed by atoms with Crippen molar-refractivity contribution in [3.63, 3.8) is 0 Å². The number of benzene rings is 1. The molecule has 35 heavy (non-hydrogen) atoms. The third-order valence-electron chi connectivity index (χ3n) is 4.88. The number of fused-ring (bicyclic) bond motifs is 1. The average Bonchev–Trinajstić information content (AvgIpc) is 3.32. The molecule has 0 saturated heterocycles. The van der Waals surface area contributed by atoms with Gasteiger partial charge in [0.05, 0.1) is 6.04 Å². The number of ether oxygens (including phenoxy) is 1. The van der Waals surface area contributed by atoms with E-state index in [1.54, 1.807) is 32.2 Å². The maximum absolute atomic E-state index is 12.6. The summed E-state index contributed by atoms with van der Waals surface area (Å²) in [5, 5.41) is 16.0. The summed E-state index contributed by atoms with van der Waals surface area (Å²) in [4.78, 5) is 41.5. The number of aryl methyl sites for hydroxylation is 1. The Morgan fingerprint density at radius 2 is 1.94 bits per heavy atom. The fourth-order valence-corrected chi connectivity index (χ4v) is 5.30. The molecule has 3 N–H and O–H groups in total. The molecular weight excluding hydrogens is 490 g/mol. The zero-order valence-electron chi connectivity index (χ0n) is 19.6. The van der Waals surface area contributed by atoms with Crippen LogP contribution in [0.1, 0.15) is 49.5 Å². The van der Waals surface area contributed by atoms with Crippen LogP contribution in [0.15, 0.2) is 44.3 Å². The zero-order valence-corrected chi connectivity index (χ0v) is 21.2. The minimum absolute atomic E-state index is 0.320. The quantitative estimate of drug-likeness (QED) is 0.318. The normalized spacial score (nSPS) is 12.6. The van der Waals surface area contributed by atoms with Crippen LogP contribution in [0.4, 0.5) is 4.79 Å². The first-order valence-corrected chi connectivity index (χ1v) is 12.6. The monoisotopic (exact) mass is 515 g/mol. The number of H-pyrrole nitrogens is 2. The number of amides is 1. The van der Waals surface area contributed by atoms with Gasteiger partial charge in [-0.15, -0.1) is 15.3 Å². The number of thioether (sulfide) groups is 1. The number of hydrogen-bond acceptors (Lipinski definition) is 9. The van der Waals surface area contributed by atoms with E-state index in [9.17, 15) is 14.4 Å². The summed E-state index contributed by atoms with van der Waals surface area (Å²) < 4.78 is 7.72. The van der Waals surface area contributed by atoms with E-state index in [4.69, 9.17) is 4.74 Å². The van der Waals surface area contributed by atoms with Gasteiger partial charge in [-0.1, -0.05) is 53.4 Å². The molecule has 3 aromatic heterocycles. The third kappa shape index (κ3) is 6.17. The predicted octanol–water partition coefficient (Wildman–Crippen LogP) is 2.97. The van der Waals surface area contributed by atoms with Crippen LogP contribution in [0.2, 0.25) is 0 Å². The molecule has 1 aromatic carbocycles. The molecule has 0 aliphatic heterocycles. The summed E-state index contributed by atoms with van der Waals surface area (Å²) in [6, 6.07) is 9.18. The Bertz CT molecular complexity index is 1450. The molecule has 4 rings (SSSR count). The van der Waals surface area contributed by atoms with Gasteiger partial charge in [-0.05, 0) is 33.3 Å². The van der Waals surface area contributed by atoms with Crippen LogP contribution in [0, 0.1) is 6.92 Å². The summed E-state index contributed by atoms with van der Waals surface area (Å²) in [5.74, 6) is 0.789. The summed E-state index contributed by atoms with van der Waals surface area (Å²) in [6.07, 6.45) is -0.0971. The largest absolute Gasteiger partial charge is 0.444 e. The second-order valence-electron chi connectivity index (χ2n) is 8.81. The molecule has 11 nitrogen and oxygen atoms in total. The van der Waals surface area contributed by atoms with E-state index in [1.807, 2.05) is 30.3 Å². The number of carbonyl (C=O) groups is 1. The minimum atomic E-state index is -0.649. The van der Waals surface area contributed by atoms with Gasteiger partial charge in [0.1, 0.15) is 5.60 Å². The summed E-state index contributed by atoms with van der Waals surface area (Å²) in [5.41, 5.74) is 0.374. The molecule has 0 bridgehead atoms. The molecule has 13 heteroatoms. The molecule has 1 amide bonds. The van der Waals surface area contributed by atoms with Crippen LogP contribution >= 0.6 is 23.1 Å². The first-order chi connectivity index (χ1) is 16.6. The lowest BCUT2D eigenvalue weighted by Gasteiger charge is -2.22. The second-order valence-corrected chi connectivity index (χ2v) is 11.0. The number of aromatic amines is 2. The minimum Gasteiger partial charge on any atom is -0.444 e. The Balaban J connectivity index is 1.59. The number of carbonyl (C=O) groups excluding carboxylic acids is 1.